The molecule has 2 aliphatic carbocycles. The van der Waals surface area contributed by atoms with E-state index in [1.165, 1.54) is 75.8 Å². The largest absolute Gasteiger partial charge is 0.208 e. The molecule has 2 aromatic heterocycles. The Morgan fingerprint density at radius 3 is 1.52 bits per heavy atom. The van der Waals surface area contributed by atoms with Gasteiger partial charge in [-0.3, -0.25) is 0 Å². The first-order valence-electron chi connectivity index (χ1n) is 21.1. The third kappa shape index (κ3) is 5.08. The summed E-state index contributed by atoms with van der Waals surface area (Å²) in [5.74, 6) is 1.92. The highest BCUT2D eigenvalue weighted by Crippen LogP contribution is 2.64. The summed E-state index contributed by atoms with van der Waals surface area (Å²) in [6.07, 6.45) is 0. The van der Waals surface area contributed by atoms with Crippen LogP contribution in [-0.4, -0.2) is 15.0 Å². The van der Waals surface area contributed by atoms with Crippen LogP contribution in [0.4, 0.5) is 0 Å². The molecule has 1 spiro atoms. The second kappa shape index (κ2) is 13.6. The maximum Gasteiger partial charge on any atom is 0.164 e. The van der Waals surface area contributed by atoms with Crippen molar-refractivity contribution >= 4 is 31.5 Å². The van der Waals surface area contributed by atoms with Gasteiger partial charge in [-0.1, -0.05) is 200 Å². The lowest BCUT2D eigenvalue weighted by atomic mass is 9.70. The van der Waals surface area contributed by atoms with E-state index in [1.54, 1.807) is 0 Å². The van der Waals surface area contributed by atoms with E-state index in [2.05, 4.69) is 194 Å². The molecule has 9 aromatic carbocycles. The molecule has 0 unspecified atom stereocenters. The number of rotatable bonds is 5. The molecule has 2 aliphatic rings. The van der Waals surface area contributed by atoms with Gasteiger partial charge in [-0.05, 0) is 78.9 Å². The van der Waals surface area contributed by atoms with Crippen molar-refractivity contribution in [2.45, 2.75) is 5.41 Å². The normalized spacial score (nSPS) is 13.0. The van der Waals surface area contributed by atoms with Gasteiger partial charge >= 0.3 is 0 Å². The Labute approximate surface area is 363 Å². The second-order valence-corrected chi connectivity index (χ2v) is 17.3. The van der Waals surface area contributed by atoms with Crippen molar-refractivity contribution < 1.29 is 0 Å². The van der Waals surface area contributed by atoms with Gasteiger partial charge in [0.25, 0.3) is 0 Å². The van der Waals surface area contributed by atoms with Crippen molar-refractivity contribution in [2.24, 2.45) is 0 Å². The molecular formula is C58H35N3S. The number of hydrogen-bond acceptors (Lipinski definition) is 4. The fraction of sp³-hybridized carbons (Fsp3) is 0.0172. The quantitative estimate of drug-likeness (QED) is 0.174. The van der Waals surface area contributed by atoms with Crippen molar-refractivity contribution in [3.8, 4) is 78.7 Å². The topological polar surface area (TPSA) is 38.7 Å². The zero-order chi connectivity index (χ0) is 40.8. The van der Waals surface area contributed by atoms with Crippen molar-refractivity contribution in [1.82, 2.24) is 15.0 Å². The van der Waals surface area contributed by atoms with E-state index in [-0.39, 0.29) is 5.41 Å². The molecule has 0 fully saturated rings. The number of nitrogens with zero attached hydrogens (tertiary/aromatic N) is 3. The first kappa shape index (κ1) is 35.0. The van der Waals surface area contributed by atoms with E-state index in [9.17, 15) is 0 Å². The summed E-state index contributed by atoms with van der Waals surface area (Å²) in [6.45, 7) is 0. The predicted molar refractivity (Wildman–Crippen MR) is 256 cm³/mol. The van der Waals surface area contributed by atoms with Crippen LogP contribution in [0.25, 0.3) is 98.8 Å². The molecule has 13 rings (SSSR count). The molecule has 0 saturated carbocycles. The molecule has 3 nitrogen and oxygen atoms in total. The lowest BCUT2D eigenvalue weighted by Crippen LogP contribution is -2.25. The molecule has 0 radical (unpaired) electrons. The van der Waals surface area contributed by atoms with Crippen molar-refractivity contribution in [3.63, 3.8) is 0 Å². The smallest absolute Gasteiger partial charge is 0.164 e. The Hall–Kier alpha value is -7.79. The van der Waals surface area contributed by atoms with Gasteiger partial charge in [0.2, 0.25) is 0 Å². The Bertz CT molecular complexity index is 3540. The molecule has 4 heteroatoms. The lowest BCUT2D eigenvalue weighted by molar-refractivity contribution is 0.794. The van der Waals surface area contributed by atoms with Crippen LogP contribution in [0.5, 0.6) is 0 Å². The number of thiophene rings is 1. The molecule has 0 aliphatic heterocycles. The van der Waals surface area contributed by atoms with E-state index >= 15 is 0 Å². The molecule has 288 valence electrons. The first-order valence-corrected chi connectivity index (χ1v) is 21.9. The van der Waals surface area contributed by atoms with Crippen LogP contribution in [-0.2, 0) is 5.41 Å². The highest BCUT2D eigenvalue weighted by Gasteiger charge is 2.51. The minimum atomic E-state index is -0.383. The van der Waals surface area contributed by atoms with E-state index in [1.807, 2.05) is 29.5 Å². The van der Waals surface area contributed by atoms with Crippen LogP contribution in [0.15, 0.2) is 212 Å². The zero-order valence-electron chi connectivity index (χ0n) is 33.5. The van der Waals surface area contributed by atoms with Crippen LogP contribution in [0.1, 0.15) is 22.3 Å². The number of hydrogen-bond donors (Lipinski definition) is 0. The summed E-state index contributed by atoms with van der Waals surface area (Å²) in [5, 5.41) is 2.58. The maximum atomic E-state index is 5.19. The summed E-state index contributed by atoms with van der Waals surface area (Å²) in [5.41, 5.74) is 17.7. The average molecular weight is 806 g/mol. The van der Waals surface area contributed by atoms with Gasteiger partial charge in [0.15, 0.2) is 17.5 Å². The minimum absolute atomic E-state index is 0.383. The van der Waals surface area contributed by atoms with Gasteiger partial charge in [-0.2, -0.15) is 0 Å². The molecule has 2 heterocycles. The van der Waals surface area contributed by atoms with Crippen LogP contribution in [0.2, 0.25) is 0 Å². The lowest BCUT2D eigenvalue weighted by Gasteiger charge is -2.30. The highest BCUT2D eigenvalue weighted by atomic mass is 32.1. The third-order valence-corrected chi connectivity index (χ3v) is 14.2. The van der Waals surface area contributed by atoms with Gasteiger partial charge in [-0.25, -0.2) is 15.0 Å². The Kier molecular flexibility index (Phi) is 7.69. The van der Waals surface area contributed by atoms with Crippen LogP contribution < -0.4 is 0 Å². The molecule has 0 saturated heterocycles. The molecule has 0 amide bonds. The first-order chi connectivity index (χ1) is 30.7. The Morgan fingerprint density at radius 1 is 0.306 bits per heavy atom. The second-order valence-electron chi connectivity index (χ2n) is 16.2. The van der Waals surface area contributed by atoms with Crippen molar-refractivity contribution in [3.05, 3.63) is 235 Å². The number of fused-ring (bicyclic) bond motifs is 13. The molecular weight excluding hydrogens is 771 g/mol. The summed E-state index contributed by atoms with van der Waals surface area (Å²) in [4.78, 5) is 15.4. The minimum Gasteiger partial charge on any atom is -0.208 e. The molecule has 0 bridgehead atoms. The number of benzene rings is 9. The van der Waals surface area contributed by atoms with Crippen molar-refractivity contribution in [1.29, 1.82) is 0 Å². The van der Waals surface area contributed by atoms with Crippen LogP contribution >= 0.6 is 11.3 Å². The summed E-state index contributed by atoms with van der Waals surface area (Å²) >= 11 is 1.85. The highest BCUT2D eigenvalue weighted by molar-refractivity contribution is 7.26. The summed E-state index contributed by atoms with van der Waals surface area (Å²) in [6, 6.07) is 76.7. The van der Waals surface area contributed by atoms with Crippen molar-refractivity contribution in [2.75, 3.05) is 0 Å². The van der Waals surface area contributed by atoms with Gasteiger partial charge in [-0.15, -0.1) is 11.3 Å². The van der Waals surface area contributed by atoms with Gasteiger partial charge in [0.1, 0.15) is 0 Å². The van der Waals surface area contributed by atoms with Gasteiger partial charge < -0.3 is 0 Å². The van der Waals surface area contributed by atoms with Gasteiger partial charge in [0, 0.05) is 36.9 Å². The molecule has 11 aromatic rings. The Balaban J connectivity index is 0.931. The average Bonchev–Trinajstić information content (AvgIpc) is 3.99. The SMILES string of the molecule is c1ccc(-c2nc(-c3ccc(-c4cccc5c4-c4ccccc4C54c5ccccc5-c5ccccc54)cc3)nc(-c3cccc(-c4cccc5c4sc4ccccc45)c3)n2)cc1. The predicted octanol–water partition coefficient (Wildman–Crippen LogP) is 14.9. The standard InChI is InChI=1S/C58H35N3S/c1-2-15-37(16-3-1)55-59-56(61-57(60-55)40-18-12-17-39(35-40)42-24-13-25-46-45-21-7-11-30-52(45)62-54(42)46)38-33-31-36(32-34-38)41-23-14-29-51-53(41)47-22-6-10-28-50(47)58(51)48-26-8-4-19-43(48)44-20-5-9-27-49(44)58/h1-35H. The fourth-order valence-corrected chi connectivity index (χ4v) is 11.6. The number of aromatic nitrogens is 3. The third-order valence-electron chi connectivity index (χ3n) is 13.0. The summed E-state index contributed by atoms with van der Waals surface area (Å²) in [7, 11) is 0. The van der Waals surface area contributed by atoms with Crippen LogP contribution in [0, 0.1) is 0 Å². The summed E-state index contributed by atoms with van der Waals surface area (Å²) < 4.78 is 2.58. The monoisotopic (exact) mass is 805 g/mol. The van der Waals surface area contributed by atoms with Gasteiger partial charge in [0.05, 0.1) is 5.41 Å². The van der Waals surface area contributed by atoms with E-state index in [0.717, 1.165) is 27.8 Å². The molecule has 0 atom stereocenters. The van der Waals surface area contributed by atoms with Crippen LogP contribution in [0.3, 0.4) is 0 Å². The van der Waals surface area contributed by atoms with E-state index < -0.39 is 0 Å². The van der Waals surface area contributed by atoms with E-state index in [4.69, 9.17) is 15.0 Å². The van der Waals surface area contributed by atoms with E-state index in [0.29, 0.717) is 17.5 Å². The molecule has 0 N–H and O–H groups in total. The zero-order valence-corrected chi connectivity index (χ0v) is 34.3. The maximum absolute atomic E-state index is 5.19. The molecule has 62 heavy (non-hydrogen) atoms. The fourth-order valence-electron chi connectivity index (χ4n) is 10.3. The Morgan fingerprint density at radius 2 is 0.774 bits per heavy atom.